The van der Waals surface area contributed by atoms with Gasteiger partial charge in [-0.2, -0.15) is 0 Å². The smallest absolute Gasteiger partial charge is 0.110 e. The average molecular weight is 171 g/mol. The Kier molecular flexibility index (Phi) is 4.62. The zero-order chi connectivity index (χ0) is 8.81. The highest BCUT2D eigenvalue weighted by atomic mass is 16.5. The average Bonchev–Trinajstić information content (AvgIpc) is 2.15. The molecule has 1 unspecified atom stereocenters. The van der Waals surface area contributed by atoms with Gasteiger partial charge in [-0.05, 0) is 19.3 Å². The van der Waals surface area contributed by atoms with E-state index in [1.807, 2.05) is 7.11 Å². The first kappa shape index (κ1) is 10.0. The second-order valence-electron chi connectivity index (χ2n) is 3.58. The molecule has 12 heavy (non-hydrogen) atoms. The lowest BCUT2D eigenvalue weighted by molar-refractivity contribution is -0.0462. The second-order valence-corrected chi connectivity index (χ2v) is 3.58. The Morgan fingerprint density at radius 1 is 1.25 bits per heavy atom. The molecule has 1 saturated heterocycles. The van der Waals surface area contributed by atoms with Crippen LogP contribution in [0.3, 0.4) is 0 Å². The number of likely N-dealkylation sites (tertiary alicyclic amines) is 1. The third-order valence-corrected chi connectivity index (χ3v) is 2.61. The van der Waals surface area contributed by atoms with Crippen LogP contribution in [0.15, 0.2) is 0 Å². The van der Waals surface area contributed by atoms with E-state index in [2.05, 4.69) is 11.8 Å². The van der Waals surface area contributed by atoms with Gasteiger partial charge in [-0.15, -0.1) is 0 Å². The van der Waals surface area contributed by atoms with E-state index in [-0.39, 0.29) is 0 Å². The van der Waals surface area contributed by atoms with Gasteiger partial charge in [0.25, 0.3) is 0 Å². The lowest BCUT2D eigenvalue weighted by Crippen LogP contribution is -2.40. The van der Waals surface area contributed by atoms with Crippen molar-refractivity contribution < 1.29 is 4.74 Å². The van der Waals surface area contributed by atoms with Crippen LogP contribution in [0.25, 0.3) is 0 Å². The Balaban J connectivity index is 2.29. The lowest BCUT2D eigenvalue weighted by atomic mass is 10.1. The first-order valence-corrected chi connectivity index (χ1v) is 5.15. The molecule has 0 spiro atoms. The maximum Gasteiger partial charge on any atom is 0.110 e. The molecular formula is C10H21NO. The minimum absolute atomic E-state index is 0.385. The number of piperidine rings is 1. The van der Waals surface area contributed by atoms with E-state index < -0.39 is 0 Å². The summed E-state index contributed by atoms with van der Waals surface area (Å²) in [5.74, 6) is 0. The molecule has 72 valence electrons. The van der Waals surface area contributed by atoms with E-state index in [9.17, 15) is 0 Å². The molecule has 2 nitrogen and oxygen atoms in total. The number of nitrogens with zero attached hydrogens (tertiary/aromatic N) is 1. The van der Waals surface area contributed by atoms with Crippen LogP contribution in [0.4, 0.5) is 0 Å². The van der Waals surface area contributed by atoms with Crippen molar-refractivity contribution in [1.29, 1.82) is 0 Å². The summed E-state index contributed by atoms with van der Waals surface area (Å²) in [6.07, 6.45) is 6.88. The van der Waals surface area contributed by atoms with E-state index in [1.54, 1.807) is 0 Å². The van der Waals surface area contributed by atoms with Gasteiger partial charge in [-0.1, -0.05) is 19.8 Å². The van der Waals surface area contributed by atoms with Gasteiger partial charge in [0, 0.05) is 20.2 Å². The largest absolute Gasteiger partial charge is 0.366 e. The molecule has 0 aromatic rings. The van der Waals surface area contributed by atoms with Gasteiger partial charge in [0.15, 0.2) is 0 Å². The van der Waals surface area contributed by atoms with Crippen LogP contribution in [0.5, 0.6) is 0 Å². The summed E-state index contributed by atoms with van der Waals surface area (Å²) in [5, 5.41) is 0. The second kappa shape index (κ2) is 5.55. The highest BCUT2D eigenvalue weighted by molar-refractivity contribution is 4.67. The molecule has 1 atom stereocenters. The summed E-state index contributed by atoms with van der Waals surface area (Å²) in [6, 6.07) is 0. The van der Waals surface area contributed by atoms with Crippen LogP contribution in [-0.4, -0.2) is 31.3 Å². The summed E-state index contributed by atoms with van der Waals surface area (Å²) in [6.45, 7) is 4.69. The Bertz CT molecular complexity index is 108. The van der Waals surface area contributed by atoms with Crippen LogP contribution < -0.4 is 0 Å². The number of rotatable bonds is 4. The molecule has 0 aromatic carbocycles. The first-order chi connectivity index (χ1) is 5.88. The van der Waals surface area contributed by atoms with Crippen molar-refractivity contribution in [2.45, 2.75) is 45.3 Å². The van der Waals surface area contributed by atoms with Crippen molar-refractivity contribution in [2.75, 3.05) is 20.2 Å². The SMILES string of the molecule is CCCC(OC)N1CCCCC1. The van der Waals surface area contributed by atoms with Crippen molar-refractivity contribution >= 4 is 0 Å². The monoisotopic (exact) mass is 171 g/mol. The van der Waals surface area contributed by atoms with Crippen molar-refractivity contribution in [3.8, 4) is 0 Å². The van der Waals surface area contributed by atoms with E-state index in [1.165, 1.54) is 45.2 Å². The molecule has 0 aliphatic carbocycles. The molecule has 1 aliphatic rings. The molecule has 1 rings (SSSR count). The zero-order valence-corrected chi connectivity index (χ0v) is 8.38. The van der Waals surface area contributed by atoms with Gasteiger partial charge in [0.05, 0.1) is 0 Å². The topological polar surface area (TPSA) is 12.5 Å². The minimum Gasteiger partial charge on any atom is -0.366 e. The van der Waals surface area contributed by atoms with Crippen LogP contribution in [0.1, 0.15) is 39.0 Å². The van der Waals surface area contributed by atoms with E-state index in [0.717, 1.165) is 0 Å². The molecule has 0 amide bonds. The molecule has 1 fully saturated rings. The molecule has 0 N–H and O–H groups in total. The quantitative estimate of drug-likeness (QED) is 0.643. The fourth-order valence-corrected chi connectivity index (χ4v) is 1.90. The number of methoxy groups -OCH3 is 1. The normalized spacial score (nSPS) is 22.5. The van der Waals surface area contributed by atoms with Crippen LogP contribution in [0.2, 0.25) is 0 Å². The Hall–Kier alpha value is -0.0800. The van der Waals surface area contributed by atoms with Crippen LogP contribution >= 0.6 is 0 Å². The molecule has 1 heterocycles. The Morgan fingerprint density at radius 2 is 1.92 bits per heavy atom. The molecule has 1 aliphatic heterocycles. The molecular weight excluding hydrogens is 150 g/mol. The van der Waals surface area contributed by atoms with Crippen molar-refractivity contribution in [1.82, 2.24) is 4.90 Å². The van der Waals surface area contributed by atoms with Crippen LogP contribution in [0, 0.1) is 0 Å². The zero-order valence-electron chi connectivity index (χ0n) is 8.38. The summed E-state index contributed by atoms with van der Waals surface area (Å²) in [5.41, 5.74) is 0. The van der Waals surface area contributed by atoms with Gasteiger partial charge >= 0.3 is 0 Å². The van der Waals surface area contributed by atoms with Crippen molar-refractivity contribution in [3.63, 3.8) is 0 Å². The van der Waals surface area contributed by atoms with E-state index in [4.69, 9.17) is 4.74 Å². The summed E-state index contributed by atoms with van der Waals surface area (Å²) in [4.78, 5) is 2.48. The number of hydrogen-bond acceptors (Lipinski definition) is 2. The lowest BCUT2D eigenvalue weighted by Gasteiger charge is -2.33. The molecule has 0 aromatic heterocycles. The Morgan fingerprint density at radius 3 is 2.42 bits per heavy atom. The fraction of sp³-hybridized carbons (Fsp3) is 1.00. The van der Waals surface area contributed by atoms with Crippen molar-refractivity contribution in [3.05, 3.63) is 0 Å². The maximum atomic E-state index is 5.46. The highest BCUT2D eigenvalue weighted by Gasteiger charge is 2.18. The summed E-state index contributed by atoms with van der Waals surface area (Å²) < 4.78 is 5.46. The molecule has 0 saturated carbocycles. The third-order valence-electron chi connectivity index (χ3n) is 2.61. The number of ether oxygens (including phenoxy) is 1. The first-order valence-electron chi connectivity index (χ1n) is 5.15. The van der Waals surface area contributed by atoms with E-state index in [0.29, 0.717) is 6.23 Å². The molecule has 2 heteroatoms. The van der Waals surface area contributed by atoms with Crippen LogP contribution in [-0.2, 0) is 4.74 Å². The van der Waals surface area contributed by atoms with Gasteiger partial charge in [0.1, 0.15) is 6.23 Å². The highest BCUT2D eigenvalue weighted by Crippen LogP contribution is 2.15. The predicted molar refractivity (Wildman–Crippen MR) is 51.1 cm³/mol. The minimum atomic E-state index is 0.385. The number of hydrogen-bond donors (Lipinski definition) is 0. The fourth-order valence-electron chi connectivity index (χ4n) is 1.90. The van der Waals surface area contributed by atoms with E-state index >= 15 is 0 Å². The standard InChI is InChI=1S/C10H21NO/c1-3-7-10(12-2)11-8-5-4-6-9-11/h10H,3-9H2,1-2H3. The summed E-state index contributed by atoms with van der Waals surface area (Å²) >= 11 is 0. The maximum absolute atomic E-state index is 5.46. The third kappa shape index (κ3) is 2.76. The molecule has 0 bridgehead atoms. The Labute approximate surface area is 75.9 Å². The predicted octanol–water partition coefficient (Wildman–Crippen LogP) is 2.24. The summed E-state index contributed by atoms with van der Waals surface area (Å²) in [7, 11) is 1.83. The van der Waals surface area contributed by atoms with Gasteiger partial charge in [-0.25, -0.2) is 0 Å². The van der Waals surface area contributed by atoms with Gasteiger partial charge in [0.2, 0.25) is 0 Å². The molecule has 0 radical (unpaired) electrons. The van der Waals surface area contributed by atoms with Crippen molar-refractivity contribution in [2.24, 2.45) is 0 Å². The van der Waals surface area contributed by atoms with Gasteiger partial charge < -0.3 is 4.74 Å². The van der Waals surface area contributed by atoms with Gasteiger partial charge in [-0.3, -0.25) is 4.90 Å².